The predicted molar refractivity (Wildman–Crippen MR) is 82.3 cm³/mol. The summed E-state index contributed by atoms with van der Waals surface area (Å²) in [4.78, 5) is 0. The van der Waals surface area contributed by atoms with Gasteiger partial charge in [-0.2, -0.15) is 0 Å². The van der Waals surface area contributed by atoms with Crippen molar-refractivity contribution in [3.8, 4) is 5.75 Å². The van der Waals surface area contributed by atoms with Gasteiger partial charge in [0.25, 0.3) is 0 Å². The molecule has 2 nitrogen and oxygen atoms in total. The first-order valence-corrected chi connectivity index (χ1v) is 7.34. The zero-order valence-corrected chi connectivity index (χ0v) is 13.4. The number of rotatable bonds is 5. The van der Waals surface area contributed by atoms with E-state index in [0.29, 0.717) is 15.8 Å². The fraction of sp³-hybridized carbons (Fsp3) is 0.250. The normalized spacial score (nSPS) is 12.2. The monoisotopic (exact) mass is 355 g/mol. The fourth-order valence-electron chi connectivity index (χ4n) is 1.90. The van der Waals surface area contributed by atoms with Gasteiger partial charge in [0.05, 0.1) is 4.47 Å². The lowest BCUT2D eigenvalue weighted by Gasteiger charge is -2.13. The van der Waals surface area contributed by atoms with Gasteiger partial charge in [-0.15, -0.1) is 0 Å². The van der Waals surface area contributed by atoms with Crippen molar-refractivity contribution in [1.29, 1.82) is 0 Å². The molecule has 0 amide bonds. The Hall–Kier alpha value is -1.46. The van der Waals surface area contributed by atoms with Gasteiger partial charge in [-0.3, -0.25) is 0 Å². The molecule has 0 aromatic heterocycles. The van der Waals surface area contributed by atoms with Crippen molar-refractivity contribution in [2.24, 2.45) is 0 Å². The minimum atomic E-state index is -0.324. The van der Waals surface area contributed by atoms with E-state index in [0.717, 1.165) is 5.56 Å². The van der Waals surface area contributed by atoms with E-state index in [1.165, 1.54) is 12.1 Å². The Morgan fingerprint density at radius 3 is 2.52 bits per heavy atom. The van der Waals surface area contributed by atoms with E-state index < -0.39 is 0 Å². The van der Waals surface area contributed by atoms with Gasteiger partial charge in [0.2, 0.25) is 0 Å². The van der Waals surface area contributed by atoms with Crippen LogP contribution in [0, 0.1) is 11.6 Å². The fourth-order valence-corrected chi connectivity index (χ4v) is 2.33. The third kappa shape index (κ3) is 4.02. The zero-order chi connectivity index (χ0) is 15.4. The SMILES string of the molecule is CNC(C)c1ccc(OCc2ccc(F)c(Br)c2)cc1F. The molecule has 0 saturated carbocycles. The molecular formula is C16H16BrF2NO. The summed E-state index contributed by atoms with van der Waals surface area (Å²) < 4.78 is 33.0. The van der Waals surface area contributed by atoms with Crippen molar-refractivity contribution in [2.45, 2.75) is 19.6 Å². The van der Waals surface area contributed by atoms with Crippen LogP contribution in [-0.2, 0) is 6.61 Å². The van der Waals surface area contributed by atoms with Crippen LogP contribution < -0.4 is 10.1 Å². The Kier molecular flexibility index (Phi) is 5.31. The minimum Gasteiger partial charge on any atom is -0.489 e. The zero-order valence-electron chi connectivity index (χ0n) is 11.8. The van der Waals surface area contributed by atoms with Crippen molar-refractivity contribution in [2.75, 3.05) is 7.05 Å². The molecular weight excluding hydrogens is 340 g/mol. The molecule has 0 bridgehead atoms. The molecule has 0 radical (unpaired) electrons. The topological polar surface area (TPSA) is 21.3 Å². The van der Waals surface area contributed by atoms with Gasteiger partial charge in [0.1, 0.15) is 24.0 Å². The van der Waals surface area contributed by atoms with Crippen LogP contribution in [0.5, 0.6) is 5.75 Å². The highest BCUT2D eigenvalue weighted by atomic mass is 79.9. The maximum Gasteiger partial charge on any atom is 0.137 e. The summed E-state index contributed by atoms with van der Waals surface area (Å²) in [5, 5.41) is 2.99. The van der Waals surface area contributed by atoms with Crippen LogP contribution in [-0.4, -0.2) is 7.05 Å². The number of halogens is 3. The largest absolute Gasteiger partial charge is 0.489 e. The van der Waals surface area contributed by atoms with Gasteiger partial charge in [-0.1, -0.05) is 12.1 Å². The highest BCUT2D eigenvalue weighted by Crippen LogP contribution is 2.23. The summed E-state index contributed by atoms with van der Waals surface area (Å²) in [6, 6.07) is 9.36. The van der Waals surface area contributed by atoms with E-state index in [4.69, 9.17) is 4.74 Å². The van der Waals surface area contributed by atoms with E-state index in [1.807, 2.05) is 6.92 Å². The third-order valence-electron chi connectivity index (χ3n) is 3.26. The average Bonchev–Trinajstić information content (AvgIpc) is 2.48. The number of nitrogens with one attached hydrogen (secondary N) is 1. The molecule has 1 N–H and O–H groups in total. The molecule has 0 aliphatic carbocycles. The standard InChI is InChI=1S/C16H16BrF2NO/c1-10(20-2)13-5-4-12(8-16(13)19)21-9-11-3-6-15(18)14(17)7-11/h3-8,10,20H,9H2,1-2H3. The van der Waals surface area contributed by atoms with Gasteiger partial charge in [0, 0.05) is 17.7 Å². The summed E-state index contributed by atoms with van der Waals surface area (Å²) in [7, 11) is 1.78. The number of ether oxygens (including phenoxy) is 1. The molecule has 0 spiro atoms. The van der Waals surface area contributed by atoms with Crippen molar-refractivity contribution in [3.63, 3.8) is 0 Å². The van der Waals surface area contributed by atoms with E-state index in [2.05, 4.69) is 21.2 Å². The van der Waals surface area contributed by atoms with E-state index >= 15 is 0 Å². The molecule has 112 valence electrons. The Bertz CT molecular complexity index is 634. The second kappa shape index (κ2) is 7.00. The lowest BCUT2D eigenvalue weighted by atomic mass is 10.1. The smallest absolute Gasteiger partial charge is 0.137 e. The van der Waals surface area contributed by atoms with E-state index in [9.17, 15) is 8.78 Å². The molecule has 1 unspecified atom stereocenters. The quantitative estimate of drug-likeness (QED) is 0.846. The Labute approximate surface area is 131 Å². The van der Waals surface area contributed by atoms with Crippen molar-refractivity contribution < 1.29 is 13.5 Å². The maximum atomic E-state index is 14.0. The second-order valence-electron chi connectivity index (χ2n) is 4.73. The average molecular weight is 356 g/mol. The Balaban J connectivity index is 2.06. The first-order chi connectivity index (χ1) is 10.0. The minimum absolute atomic E-state index is 0.0629. The van der Waals surface area contributed by atoms with Crippen molar-refractivity contribution >= 4 is 15.9 Å². The molecule has 2 aromatic rings. The van der Waals surface area contributed by atoms with Gasteiger partial charge < -0.3 is 10.1 Å². The lowest BCUT2D eigenvalue weighted by molar-refractivity contribution is 0.304. The van der Waals surface area contributed by atoms with Crippen molar-refractivity contribution in [3.05, 3.63) is 63.6 Å². The van der Waals surface area contributed by atoms with Gasteiger partial charge in [0.15, 0.2) is 0 Å². The maximum absolute atomic E-state index is 14.0. The van der Waals surface area contributed by atoms with Crippen LogP contribution in [0.3, 0.4) is 0 Å². The lowest BCUT2D eigenvalue weighted by Crippen LogP contribution is -2.13. The first kappa shape index (κ1) is 15.9. The Morgan fingerprint density at radius 1 is 1.14 bits per heavy atom. The van der Waals surface area contributed by atoms with Crippen molar-refractivity contribution in [1.82, 2.24) is 5.32 Å². The summed E-state index contributed by atoms with van der Waals surface area (Å²) >= 11 is 3.12. The molecule has 21 heavy (non-hydrogen) atoms. The summed E-state index contributed by atoms with van der Waals surface area (Å²) in [5.41, 5.74) is 1.39. The molecule has 0 saturated heterocycles. The first-order valence-electron chi connectivity index (χ1n) is 6.54. The molecule has 2 aromatic carbocycles. The van der Waals surface area contributed by atoms with E-state index in [1.54, 1.807) is 31.3 Å². The highest BCUT2D eigenvalue weighted by molar-refractivity contribution is 9.10. The predicted octanol–water partition coefficient (Wildman–Crippen LogP) is 4.59. The van der Waals surface area contributed by atoms with Crippen LogP contribution in [0.1, 0.15) is 24.1 Å². The van der Waals surface area contributed by atoms with E-state index in [-0.39, 0.29) is 24.3 Å². The highest BCUT2D eigenvalue weighted by Gasteiger charge is 2.10. The molecule has 5 heteroatoms. The van der Waals surface area contributed by atoms with Crippen LogP contribution in [0.25, 0.3) is 0 Å². The van der Waals surface area contributed by atoms with Gasteiger partial charge in [-0.05, 0) is 53.7 Å². The van der Waals surface area contributed by atoms with Gasteiger partial charge >= 0.3 is 0 Å². The number of hydrogen-bond donors (Lipinski definition) is 1. The van der Waals surface area contributed by atoms with Crippen LogP contribution in [0.2, 0.25) is 0 Å². The van der Waals surface area contributed by atoms with Crippen LogP contribution in [0.15, 0.2) is 40.9 Å². The van der Waals surface area contributed by atoms with Crippen LogP contribution in [0.4, 0.5) is 8.78 Å². The molecule has 0 aliphatic rings. The number of benzene rings is 2. The van der Waals surface area contributed by atoms with Gasteiger partial charge in [-0.25, -0.2) is 8.78 Å². The Morgan fingerprint density at radius 2 is 1.90 bits per heavy atom. The summed E-state index contributed by atoms with van der Waals surface area (Å²) in [5.74, 6) is -0.190. The molecule has 1 atom stereocenters. The summed E-state index contributed by atoms with van der Waals surface area (Å²) in [6.45, 7) is 2.13. The molecule has 0 fully saturated rings. The summed E-state index contributed by atoms with van der Waals surface area (Å²) in [6.07, 6.45) is 0. The third-order valence-corrected chi connectivity index (χ3v) is 3.87. The molecule has 0 heterocycles. The number of hydrogen-bond acceptors (Lipinski definition) is 2. The second-order valence-corrected chi connectivity index (χ2v) is 5.59. The molecule has 0 aliphatic heterocycles. The molecule has 2 rings (SSSR count). The van der Waals surface area contributed by atoms with Crippen LogP contribution >= 0.6 is 15.9 Å².